The summed E-state index contributed by atoms with van der Waals surface area (Å²) in [6.07, 6.45) is 0. The Bertz CT molecular complexity index is 2480. The van der Waals surface area contributed by atoms with Gasteiger partial charge in [0.15, 0.2) is 0 Å². The Balaban J connectivity index is 1.50. The molecule has 0 saturated carbocycles. The smallest absolute Gasteiger partial charge is 0.0991 e. The molecule has 8 aromatic rings. The number of fused-ring (bicyclic) bond motifs is 12. The van der Waals surface area contributed by atoms with Crippen molar-refractivity contribution in [2.75, 3.05) is 0 Å². The lowest BCUT2D eigenvalue weighted by molar-refractivity contribution is 0.661. The van der Waals surface area contributed by atoms with Crippen molar-refractivity contribution in [1.82, 2.24) is 4.57 Å². The van der Waals surface area contributed by atoms with E-state index in [2.05, 4.69) is 134 Å². The van der Waals surface area contributed by atoms with Crippen LogP contribution in [0.4, 0.5) is 0 Å². The van der Waals surface area contributed by atoms with Gasteiger partial charge in [0.2, 0.25) is 0 Å². The number of hydrogen-bond donors (Lipinski definition) is 0. The van der Waals surface area contributed by atoms with Crippen LogP contribution in [0, 0.1) is 11.3 Å². The topological polar surface area (TPSA) is 28.7 Å². The zero-order valence-electron chi connectivity index (χ0n) is 23.4. The molecule has 0 bridgehead atoms. The van der Waals surface area contributed by atoms with Crippen LogP contribution in [0.1, 0.15) is 30.5 Å². The van der Waals surface area contributed by atoms with Gasteiger partial charge >= 0.3 is 0 Å². The summed E-state index contributed by atoms with van der Waals surface area (Å²) in [4.78, 5) is 0. The van der Waals surface area contributed by atoms with Crippen molar-refractivity contribution < 1.29 is 0 Å². The van der Waals surface area contributed by atoms with Crippen LogP contribution >= 0.6 is 0 Å². The average molecular weight is 535 g/mol. The summed E-state index contributed by atoms with van der Waals surface area (Å²) in [5.74, 6) is 0. The van der Waals surface area contributed by atoms with E-state index in [0.717, 1.165) is 5.69 Å². The first-order valence-corrected chi connectivity index (χ1v) is 14.5. The summed E-state index contributed by atoms with van der Waals surface area (Å²) in [5, 5.41) is 19.6. The van der Waals surface area contributed by atoms with E-state index in [1.54, 1.807) is 0 Å². The van der Waals surface area contributed by atoms with Gasteiger partial charge in [-0.25, -0.2) is 0 Å². The number of hydrogen-bond acceptors (Lipinski definition) is 1. The summed E-state index contributed by atoms with van der Waals surface area (Å²) >= 11 is 0. The lowest BCUT2D eigenvalue weighted by atomic mass is 9.82. The van der Waals surface area contributed by atoms with Gasteiger partial charge in [0.25, 0.3) is 0 Å². The SMILES string of the molecule is CC1(C)c2ccccc2-c2cc3c4cc5c6ccccc6c6ccccc6c5cc4n(-c4ccc(C#N)cc4)c3cc21. The van der Waals surface area contributed by atoms with Gasteiger partial charge in [-0.15, -0.1) is 0 Å². The average Bonchev–Trinajstić information content (AvgIpc) is 3.47. The maximum absolute atomic E-state index is 9.50. The van der Waals surface area contributed by atoms with Crippen LogP contribution in [0.15, 0.2) is 121 Å². The second kappa shape index (κ2) is 8.09. The Kier molecular flexibility index (Phi) is 4.49. The second-order valence-corrected chi connectivity index (χ2v) is 12.1. The molecule has 9 rings (SSSR count). The van der Waals surface area contributed by atoms with Crippen molar-refractivity contribution in [1.29, 1.82) is 5.26 Å². The van der Waals surface area contributed by atoms with E-state index in [-0.39, 0.29) is 5.41 Å². The lowest BCUT2D eigenvalue weighted by Gasteiger charge is -2.21. The Hall–Kier alpha value is -5.39. The van der Waals surface area contributed by atoms with Crippen LogP contribution < -0.4 is 0 Å². The molecule has 196 valence electrons. The van der Waals surface area contributed by atoms with E-state index in [1.807, 2.05) is 12.1 Å². The quantitative estimate of drug-likeness (QED) is 0.193. The first kappa shape index (κ1) is 23.3. The van der Waals surface area contributed by atoms with Gasteiger partial charge in [0.1, 0.15) is 0 Å². The first-order valence-electron chi connectivity index (χ1n) is 14.5. The summed E-state index contributed by atoms with van der Waals surface area (Å²) in [6.45, 7) is 4.68. The van der Waals surface area contributed by atoms with Gasteiger partial charge < -0.3 is 4.57 Å². The minimum Gasteiger partial charge on any atom is -0.309 e. The molecule has 0 fully saturated rings. The van der Waals surface area contributed by atoms with Crippen molar-refractivity contribution in [3.8, 4) is 22.9 Å². The highest BCUT2D eigenvalue weighted by atomic mass is 15.0. The maximum Gasteiger partial charge on any atom is 0.0991 e. The van der Waals surface area contributed by atoms with Crippen LogP contribution in [0.5, 0.6) is 0 Å². The highest BCUT2D eigenvalue weighted by molar-refractivity contribution is 6.29. The van der Waals surface area contributed by atoms with Gasteiger partial charge in [0, 0.05) is 21.9 Å². The van der Waals surface area contributed by atoms with Crippen LogP contribution in [-0.2, 0) is 5.41 Å². The third kappa shape index (κ3) is 2.93. The molecular weight excluding hydrogens is 508 g/mol. The van der Waals surface area contributed by atoms with Gasteiger partial charge in [-0.1, -0.05) is 86.6 Å². The molecule has 0 N–H and O–H groups in total. The van der Waals surface area contributed by atoms with E-state index in [1.165, 1.54) is 76.4 Å². The Morgan fingerprint density at radius 1 is 0.500 bits per heavy atom. The fourth-order valence-corrected chi connectivity index (χ4v) is 7.57. The van der Waals surface area contributed by atoms with E-state index < -0.39 is 0 Å². The number of nitrogens with zero attached hydrogens (tertiary/aromatic N) is 2. The minimum absolute atomic E-state index is 0.0941. The fraction of sp³-hybridized carbons (Fsp3) is 0.0750. The molecule has 1 heterocycles. The molecule has 0 unspecified atom stereocenters. The van der Waals surface area contributed by atoms with E-state index in [9.17, 15) is 5.26 Å². The van der Waals surface area contributed by atoms with Crippen molar-refractivity contribution >= 4 is 54.1 Å². The molecular formula is C40H26N2. The van der Waals surface area contributed by atoms with Crippen LogP contribution in [0.2, 0.25) is 0 Å². The molecule has 1 aliphatic carbocycles. The van der Waals surface area contributed by atoms with Crippen LogP contribution in [0.3, 0.4) is 0 Å². The van der Waals surface area contributed by atoms with Crippen LogP contribution in [-0.4, -0.2) is 4.57 Å². The second-order valence-electron chi connectivity index (χ2n) is 12.1. The van der Waals surface area contributed by atoms with Gasteiger partial charge in [-0.05, 0) is 103 Å². The number of nitriles is 1. The fourth-order valence-electron chi connectivity index (χ4n) is 7.57. The molecule has 0 spiro atoms. The largest absolute Gasteiger partial charge is 0.309 e. The van der Waals surface area contributed by atoms with E-state index in [0.29, 0.717) is 5.56 Å². The van der Waals surface area contributed by atoms with E-state index >= 15 is 0 Å². The molecule has 42 heavy (non-hydrogen) atoms. The summed E-state index contributed by atoms with van der Waals surface area (Å²) in [7, 11) is 0. The van der Waals surface area contributed by atoms with Crippen molar-refractivity contribution in [3.05, 3.63) is 138 Å². The highest BCUT2D eigenvalue weighted by Crippen LogP contribution is 2.51. The zero-order valence-corrected chi connectivity index (χ0v) is 23.4. The molecule has 0 saturated heterocycles. The third-order valence-corrected chi connectivity index (χ3v) is 9.59. The van der Waals surface area contributed by atoms with Crippen molar-refractivity contribution in [3.63, 3.8) is 0 Å². The molecule has 0 radical (unpaired) electrons. The zero-order chi connectivity index (χ0) is 28.2. The monoisotopic (exact) mass is 534 g/mol. The molecule has 0 amide bonds. The summed E-state index contributed by atoms with van der Waals surface area (Å²) in [6, 6.07) is 46.3. The molecule has 0 aliphatic heterocycles. The number of benzene rings is 7. The maximum atomic E-state index is 9.50. The Labute approximate surface area is 243 Å². The van der Waals surface area contributed by atoms with Crippen LogP contribution in [0.25, 0.3) is 70.9 Å². The minimum atomic E-state index is -0.0941. The van der Waals surface area contributed by atoms with Gasteiger partial charge in [-0.2, -0.15) is 5.26 Å². The predicted molar refractivity (Wildman–Crippen MR) is 176 cm³/mol. The van der Waals surface area contributed by atoms with Gasteiger partial charge in [0.05, 0.1) is 22.7 Å². The predicted octanol–water partition coefficient (Wildman–Crippen LogP) is 10.4. The summed E-state index contributed by atoms with van der Waals surface area (Å²) in [5.41, 5.74) is 9.39. The molecule has 2 nitrogen and oxygen atoms in total. The molecule has 2 heteroatoms. The van der Waals surface area contributed by atoms with Crippen molar-refractivity contribution in [2.24, 2.45) is 0 Å². The lowest BCUT2D eigenvalue weighted by Crippen LogP contribution is -2.14. The highest BCUT2D eigenvalue weighted by Gasteiger charge is 2.36. The third-order valence-electron chi connectivity index (χ3n) is 9.59. The molecule has 0 atom stereocenters. The molecule has 1 aliphatic rings. The summed E-state index contributed by atoms with van der Waals surface area (Å²) < 4.78 is 2.40. The molecule has 7 aromatic carbocycles. The Morgan fingerprint density at radius 3 is 1.71 bits per heavy atom. The molecule has 1 aromatic heterocycles. The van der Waals surface area contributed by atoms with E-state index in [4.69, 9.17) is 0 Å². The first-order chi connectivity index (χ1) is 20.5. The van der Waals surface area contributed by atoms with Crippen molar-refractivity contribution in [2.45, 2.75) is 19.3 Å². The Morgan fingerprint density at radius 2 is 1.05 bits per heavy atom. The normalized spacial score (nSPS) is 13.6. The standard InChI is InChI=1S/C40H26N2/c1-40(2)36-14-8-7-13-30(36)33-20-35-34-19-31-28-11-5-3-9-26(28)27-10-4-6-12-29(27)32(31)21-38(34)42(39(35)22-37(33)40)25-17-15-24(23-41)16-18-25/h3-22H,1-2H3. The number of rotatable bonds is 1. The number of aromatic nitrogens is 1. The van der Waals surface area contributed by atoms with Gasteiger partial charge in [-0.3, -0.25) is 0 Å².